The summed E-state index contributed by atoms with van der Waals surface area (Å²) in [5.74, 6) is 1.68. The second-order valence-corrected chi connectivity index (χ2v) is 17.6. The molecule has 2 heterocycles. The summed E-state index contributed by atoms with van der Waals surface area (Å²) in [7, 11) is 1.30. The van der Waals surface area contributed by atoms with Gasteiger partial charge in [-0.3, -0.25) is 14.3 Å². The van der Waals surface area contributed by atoms with E-state index in [9.17, 15) is 22.8 Å². The molecule has 290 valence electrons. The molecule has 0 spiro atoms. The van der Waals surface area contributed by atoms with Gasteiger partial charge in [0.25, 0.3) is 0 Å². The highest BCUT2D eigenvalue weighted by Gasteiger charge is 2.58. The molecule has 13 nitrogen and oxygen atoms in total. The maximum absolute atomic E-state index is 13.7. The number of rotatable bonds is 15. The maximum Gasteiger partial charge on any atom is 0.320 e. The normalized spacial score (nSPS) is 22.9. The molecular weight excluding hydrogens is 711 g/mol. The number of likely N-dealkylation sites (tertiary alicyclic amines) is 1. The molecule has 3 aliphatic rings. The van der Waals surface area contributed by atoms with Crippen molar-refractivity contribution in [1.29, 1.82) is 0 Å². The number of sulfonamides is 1. The number of aromatic nitrogens is 2. The molecule has 1 aliphatic heterocycles. The number of ketones is 1. The van der Waals surface area contributed by atoms with E-state index >= 15 is 0 Å². The highest BCUT2D eigenvalue weighted by atomic mass is 32.2. The Bertz CT molecular complexity index is 2070. The van der Waals surface area contributed by atoms with Crippen LogP contribution in [0.2, 0.25) is 0 Å². The van der Waals surface area contributed by atoms with Crippen molar-refractivity contribution in [2.45, 2.75) is 89.5 Å². The SMILES string of the molecule is COc1ccc(-c2nc(O[C@@H]3C[C@@H](C(C)=O)N(C(=O)N(C)CCCC/C=C\[C@@H]4C[C@]4(C)C(=O)NS(=O)(=O)C4(C)CC4)C3)c3ccc(OC)c(C)c3n2)cc1. The predicted octanol–water partition coefficient (Wildman–Crippen LogP) is 5.84. The number of hydrogen-bond donors (Lipinski definition) is 1. The van der Waals surface area contributed by atoms with Crippen molar-refractivity contribution < 1.29 is 37.0 Å². The average Bonchev–Trinajstić information content (AvgIpc) is 4.02. The minimum Gasteiger partial charge on any atom is -0.497 e. The summed E-state index contributed by atoms with van der Waals surface area (Å²) in [6, 6.07) is 10.3. The molecule has 4 atom stereocenters. The first-order valence-electron chi connectivity index (χ1n) is 18.5. The van der Waals surface area contributed by atoms with Gasteiger partial charge in [0.1, 0.15) is 17.6 Å². The number of amides is 3. The van der Waals surface area contributed by atoms with Gasteiger partial charge in [0.2, 0.25) is 21.8 Å². The van der Waals surface area contributed by atoms with Crippen molar-refractivity contribution in [2.75, 3.05) is 34.4 Å². The van der Waals surface area contributed by atoms with Gasteiger partial charge in [0.05, 0.1) is 47.9 Å². The number of ether oxygens (including phenoxy) is 3. The van der Waals surface area contributed by atoms with Crippen molar-refractivity contribution >= 4 is 38.6 Å². The molecule has 0 bridgehead atoms. The van der Waals surface area contributed by atoms with Gasteiger partial charge < -0.3 is 24.0 Å². The lowest BCUT2D eigenvalue weighted by atomic mass is 10.1. The number of methoxy groups -OCH3 is 2. The van der Waals surface area contributed by atoms with Crippen LogP contribution in [-0.4, -0.2) is 97.2 Å². The van der Waals surface area contributed by atoms with Crippen LogP contribution in [0.25, 0.3) is 22.3 Å². The molecule has 1 aromatic heterocycles. The molecule has 6 rings (SSSR count). The zero-order valence-corrected chi connectivity index (χ0v) is 33.0. The lowest BCUT2D eigenvalue weighted by Crippen LogP contribution is -2.46. The second kappa shape index (κ2) is 15.2. The maximum atomic E-state index is 13.7. The molecule has 3 aromatic rings. The van der Waals surface area contributed by atoms with E-state index in [1.54, 1.807) is 44.9 Å². The lowest BCUT2D eigenvalue weighted by Gasteiger charge is -2.28. The van der Waals surface area contributed by atoms with E-state index < -0.39 is 38.2 Å². The van der Waals surface area contributed by atoms with Gasteiger partial charge in [-0.1, -0.05) is 19.1 Å². The summed E-state index contributed by atoms with van der Waals surface area (Å²) in [5.41, 5.74) is 1.58. The first-order valence-corrected chi connectivity index (χ1v) is 20.0. The Balaban J connectivity index is 1.05. The number of urea groups is 1. The van der Waals surface area contributed by atoms with Crippen LogP contribution in [0.4, 0.5) is 4.79 Å². The number of unbranched alkanes of at least 4 members (excludes halogenated alkanes) is 2. The van der Waals surface area contributed by atoms with Crippen LogP contribution >= 0.6 is 0 Å². The molecule has 1 N–H and O–H groups in total. The number of fused-ring (bicyclic) bond motifs is 1. The van der Waals surface area contributed by atoms with E-state index in [2.05, 4.69) is 4.72 Å². The van der Waals surface area contributed by atoms with Crippen molar-refractivity contribution in [2.24, 2.45) is 11.3 Å². The number of Topliss-reactive ketones (excluding diaryl/α,β-unsaturated/α-hetero) is 1. The van der Waals surface area contributed by atoms with Crippen molar-refractivity contribution in [1.82, 2.24) is 24.5 Å². The third kappa shape index (κ3) is 7.89. The molecule has 2 saturated carbocycles. The first kappa shape index (κ1) is 39.0. The Morgan fingerprint density at radius 2 is 1.76 bits per heavy atom. The lowest BCUT2D eigenvalue weighted by molar-refractivity contribution is -0.124. The molecular formula is C40H51N5O8S. The van der Waals surface area contributed by atoms with Gasteiger partial charge in [0.15, 0.2) is 11.6 Å². The molecule has 54 heavy (non-hydrogen) atoms. The third-order valence-corrected chi connectivity index (χ3v) is 13.5. The summed E-state index contributed by atoms with van der Waals surface area (Å²) in [6.45, 7) is 7.63. The van der Waals surface area contributed by atoms with Crippen LogP contribution in [0.1, 0.15) is 71.3 Å². The van der Waals surface area contributed by atoms with E-state index in [0.717, 1.165) is 30.4 Å². The Morgan fingerprint density at radius 3 is 2.41 bits per heavy atom. The highest BCUT2D eigenvalue weighted by molar-refractivity contribution is 7.91. The molecule has 0 unspecified atom stereocenters. The Morgan fingerprint density at radius 1 is 1.04 bits per heavy atom. The number of carbonyl (C=O) groups is 3. The number of allylic oxidation sites excluding steroid dienone is 2. The van der Waals surface area contributed by atoms with E-state index in [4.69, 9.17) is 24.2 Å². The fourth-order valence-electron chi connectivity index (χ4n) is 7.04. The zero-order valence-electron chi connectivity index (χ0n) is 32.2. The second-order valence-electron chi connectivity index (χ2n) is 15.4. The quantitative estimate of drug-likeness (QED) is 0.148. The van der Waals surface area contributed by atoms with Gasteiger partial charge in [-0.2, -0.15) is 4.98 Å². The van der Waals surface area contributed by atoms with Crippen molar-refractivity contribution in [3.63, 3.8) is 0 Å². The average molecular weight is 762 g/mol. The van der Waals surface area contributed by atoms with Crippen molar-refractivity contribution in [3.8, 4) is 28.8 Å². The standard InChI is InChI=1S/C40H51N5O8S/c1-25-33(52-7)18-17-31-34(25)41-35(27-13-15-29(51-6)16-14-27)42-36(31)53-30-22-32(26(2)46)45(24-30)38(48)44(5)21-11-9-8-10-12-28-23-40(28,4)37(47)43-54(49,50)39(3)19-20-39/h10,12-18,28,30,32H,8-9,11,19-24H2,1-7H3,(H,43,47)/b12-10-/t28-,30-,32+,40+/m1/s1. The summed E-state index contributed by atoms with van der Waals surface area (Å²) < 4.78 is 43.9. The topological polar surface area (TPSA) is 157 Å². The van der Waals surface area contributed by atoms with Gasteiger partial charge in [-0.05, 0) is 102 Å². The van der Waals surface area contributed by atoms with E-state index in [-0.39, 0.29) is 24.3 Å². The van der Waals surface area contributed by atoms with Gasteiger partial charge in [-0.15, -0.1) is 0 Å². The van der Waals surface area contributed by atoms with E-state index in [0.29, 0.717) is 66.3 Å². The highest BCUT2D eigenvalue weighted by Crippen LogP contribution is 2.54. The summed E-state index contributed by atoms with van der Waals surface area (Å²) in [4.78, 5) is 52.2. The van der Waals surface area contributed by atoms with Crippen LogP contribution in [0.3, 0.4) is 0 Å². The molecule has 0 radical (unpaired) electrons. The fraction of sp³-hybridized carbons (Fsp3) is 0.525. The largest absolute Gasteiger partial charge is 0.497 e. The van der Waals surface area contributed by atoms with E-state index in [1.807, 2.05) is 55.5 Å². The van der Waals surface area contributed by atoms with Gasteiger partial charge in [0, 0.05) is 31.1 Å². The fourth-order valence-corrected chi connectivity index (χ4v) is 8.40. The Labute approximate surface area is 317 Å². The van der Waals surface area contributed by atoms with Crippen LogP contribution in [0.5, 0.6) is 17.4 Å². The molecule has 1 saturated heterocycles. The Kier molecular flexibility index (Phi) is 11.0. The summed E-state index contributed by atoms with van der Waals surface area (Å²) >= 11 is 0. The number of nitrogens with one attached hydrogen (secondary N) is 1. The van der Waals surface area contributed by atoms with E-state index in [1.165, 1.54) is 6.92 Å². The van der Waals surface area contributed by atoms with Gasteiger partial charge >= 0.3 is 6.03 Å². The molecule has 2 aliphatic carbocycles. The zero-order chi connectivity index (χ0) is 39.0. The number of nitrogens with zero attached hydrogens (tertiary/aromatic N) is 4. The number of benzene rings is 2. The van der Waals surface area contributed by atoms with Crippen LogP contribution < -0.4 is 18.9 Å². The van der Waals surface area contributed by atoms with Crippen LogP contribution in [-0.2, 0) is 19.6 Å². The first-order chi connectivity index (χ1) is 25.6. The number of aryl methyl sites for hydroxylation is 1. The minimum atomic E-state index is -3.65. The monoisotopic (exact) mass is 761 g/mol. The number of carbonyl (C=O) groups excluding carboxylic acids is 3. The molecule has 2 aromatic carbocycles. The summed E-state index contributed by atoms with van der Waals surface area (Å²) in [5, 5.41) is 0.700. The Hall–Kier alpha value is -4.72. The van der Waals surface area contributed by atoms with Crippen LogP contribution in [0, 0.1) is 18.3 Å². The van der Waals surface area contributed by atoms with Crippen molar-refractivity contribution in [3.05, 3.63) is 54.1 Å². The molecule has 3 amide bonds. The minimum absolute atomic E-state index is 0.000898. The number of hydrogen-bond acceptors (Lipinski definition) is 10. The molecule has 14 heteroatoms. The van der Waals surface area contributed by atoms with Gasteiger partial charge in [-0.25, -0.2) is 18.2 Å². The van der Waals surface area contributed by atoms with Crippen LogP contribution in [0.15, 0.2) is 48.6 Å². The summed E-state index contributed by atoms with van der Waals surface area (Å²) in [6.07, 6.45) is 7.98. The molecule has 3 fully saturated rings. The third-order valence-electron chi connectivity index (χ3n) is 11.3. The predicted molar refractivity (Wildman–Crippen MR) is 205 cm³/mol. The smallest absolute Gasteiger partial charge is 0.320 e.